The third kappa shape index (κ3) is 9.61. The average Bonchev–Trinajstić information content (AvgIpc) is 0. The molecule has 4 heteroatoms. The topological polar surface area (TPSA) is 0 Å². The van der Waals surface area contributed by atoms with Crippen LogP contribution in [0.15, 0.2) is 0 Å². The fourth-order valence-corrected chi connectivity index (χ4v) is 0. The minimum Gasteiger partial charge on any atom is 0 e. The van der Waals surface area contributed by atoms with E-state index in [-0.39, 0.29) is 131 Å². The van der Waals surface area contributed by atoms with Crippen LogP contribution in [0.4, 0.5) is 0 Å². The summed E-state index contributed by atoms with van der Waals surface area (Å²) in [6.45, 7) is 0. The zero-order valence-corrected chi connectivity index (χ0v) is 16.0. The van der Waals surface area contributed by atoms with Gasteiger partial charge in [-0.05, 0) is 0 Å². The molecule has 0 aliphatic rings. The molecule has 0 nitrogen and oxygen atoms in total. The fraction of sp³-hybridized carbons (Fsp3) is 0. The molecule has 0 aromatic heterocycles. The first-order valence-corrected chi connectivity index (χ1v) is 0. The standard InChI is InChI=1S/Eu.3Pb. The van der Waals surface area contributed by atoms with E-state index in [1.165, 1.54) is 0 Å². The molecule has 0 N–H and O–H groups in total. The van der Waals surface area contributed by atoms with Gasteiger partial charge in [0, 0.05) is 131 Å². The Morgan fingerprint density at radius 1 is 0.500 bits per heavy atom. The number of hydrogen-bond acceptors (Lipinski definition) is 0. The van der Waals surface area contributed by atoms with E-state index >= 15 is 0 Å². The van der Waals surface area contributed by atoms with E-state index < -0.39 is 0 Å². The minimum atomic E-state index is 0. The van der Waals surface area contributed by atoms with Crippen LogP contribution in [0.2, 0.25) is 0 Å². The summed E-state index contributed by atoms with van der Waals surface area (Å²) >= 11 is 0. The Labute approximate surface area is 127 Å². The van der Waals surface area contributed by atoms with E-state index in [0.717, 1.165) is 0 Å². The Morgan fingerprint density at radius 2 is 0.500 bits per heavy atom. The van der Waals surface area contributed by atoms with Gasteiger partial charge in [-0.25, -0.2) is 0 Å². The molecule has 0 rings (SSSR count). The first kappa shape index (κ1) is 23.8. The van der Waals surface area contributed by atoms with Crippen LogP contribution in [-0.2, 0) is 0 Å². The first-order valence-electron chi connectivity index (χ1n) is 0. The quantitative estimate of drug-likeness (QED) is 0.274. The summed E-state index contributed by atoms with van der Waals surface area (Å²) in [6.07, 6.45) is 0. The maximum atomic E-state index is 0. The molecular weight excluding hydrogens is 774 g/mol. The van der Waals surface area contributed by atoms with Gasteiger partial charge in [-0.15, -0.1) is 0 Å². The summed E-state index contributed by atoms with van der Waals surface area (Å²) in [5, 5.41) is 0. The molecule has 0 saturated carbocycles. The van der Waals surface area contributed by atoms with Gasteiger partial charge in [-0.3, -0.25) is 0 Å². The van der Waals surface area contributed by atoms with Crippen LogP contribution in [-0.4, -0.2) is 81.9 Å². The molecule has 0 aliphatic carbocycles. The van der Waals surface area contributed by atoms with Gasteiger partial charge in [0.15, 0.2) is 0 Å². The summed E-state index contributed by atoms with van der Waals surface area (Å²) in [5.41, 5.74) is 0. The molecule has 0 aromatic carbocycles. The van der Waals surface area contributed by atoms with Gasteiger partial charge in [0.1, 0.15) is 0 Å². The molecule has 0 bridgehead atoms. The zero-order chi connectivity index (χ0) is 0. The molecule has 19 valence electrons. The molecule has 0 aromatic rings. The molecule has 0 fully saturated rings. The molecular formula is EuPb3. The van der Waals surface area contributed by atoms with Crippen LogP contribution >= 0.6 is 0 Å². The van der Waals surface area contributed by atoms with Gasteiger partial charge in [0.05, 0.1) is 0 Å². The summed E-state index contributed by atoms with van der Waals surface area (Å²) in [7, 11) is 0. The van der Waals surface area contributed by atoms with Crippen LogP contribution in [0.3, 0.4) is 0 Å². The van der Waals surface area contributed by atoms with Crippen LogP contribution in [0.25, 0.3) is 0 Å². The van der Waals surface area contributed by atoms with Gasteiger partial charge in [0.25, 0.3) is 0 Å². The molecule has 13 radical (unpaired) electrons. The van der Waals surface area contributed by atoms with Crippen molar-refractivity contribution in [3.8, 4) is 0 Å². The second kappa shape index (κ2) is 15.7. The molecule has 0 saturated heterocycles. The molecule has 0 amide bonds. The van der Waals surface area contributed by atoms with Crippen molar-refractivity contribution in [2.45, 2.75) is 0 Å². The Kier molecular flexibility index (Phi) is 93.3. The predicted molar refractivity (Wildman–Crippen MR) is 17.3 cm³/mol. The maximum Gasteiger partial charge on any atom is 0 e. The normalized spacial score (nSPS) is 0. The zero-order valence-electron chi connectivity index (χ0n) is 1.88. The van der Waals surface area contributed by atoms with E-state index in [0.29, 0.717) is 0 Å². The van der Waals surface area contributed by atoms with Gasteiger partial charge in [0.2, 0.25) is 0 Å². The van der Waals surface area contributed by atoms with Crippen molar-refractivity contribution >= 4 is 81.9 Å². The van der Waals surface area contributed by atoms with Crippen molar-refractivity contribution in [3.63, 3.8) is 0 Å². The summed E-state index contributed by atoms with van der Waals surface area (Å²) < 4.78 is 0. The maximum absolute atomic E-state index is 0. The third-order valence-electron chi connectivity index (χ3n) is 0. The molecule has 0 unspecified atom stereocenters. The van der Waals surface area contributed by atoms with Crippen LogP contribution in [0.1, 0.15) is 0 Å². The molecule has 0 heterocycles. The number of rotatable bonds is 0. The molecule has 0 atom stereocenters. The predicted octanol–water partition coefficient (Wildman–Crippen LogP) is -1.14. The largest absolute Gasteiger partial charge is 0 e. The fourth-order valence-electron chi connectivity index (χ4n) is 0. The van der Waals surface area contributed by atoms with E-state index in [9.17, 15) is 0 Å². The Morgan fingerprint density at radius 3 is 0.500 bits per heavy atom. The first-order chi connectivity index (χ1) is 0. The van der Waals surface area contributed by atoms with Crippen molar-refractivity contribution in [2.75, 3.05) is 0 Å². The summed E-state index contributed by atoms with van der Waals surface area (Å²) in [4.78, 5) is 0. The van der Waals surface area contributed by atoms with Crippen LogP contribution in [0, 0.1) is 49.4 Å². The third-order valence-corrected chi connectivity index (χ3v) is 0. The molecule has 0 spiro atoms. The van der Waals surface area contributed by atoms with Gasteiger partial charge < -0.3 is 0 Å². The summed E-state index contributed by atoms with van der Waals surface area (Å²) in [5.74, 6) is 0. The minimum absolute atomic E-state index is 0. The second-order valence-corrected chi connectivity index (χ2v) is 0. The van der Waals surface area contributed by atoms with E-state index in [1.807, 2.05) is 0 Å². The van der Waals surface area contributed by atoms with Crippen molar-refractivity contribution < 1.29 is 49.4 Å². The summed E-state index contributed by atoms with van der Waals surface area (Å²) in [6, 6.07) is 0. The van der Waals surface area contributed by atoms with Crippen LogP contribution < -0.4 is 0 Å². The molecule has 0 aliphatic heterocycles. The Hall–Kier alpha value is 4.35. The van der Waals surface area contributed by atoms with Crippen molar-refractivity contribution in [2.24, 2.45) is 0 Å². The Bertz CT molecular complexity index is 3.25. The van der Waals surface area contributed by atoms with Crippen molar-refractivity contribution in [1.29, 1.82) is 0 Å². The molecule has 4 heavy (non-hydrogen) atoms. The van der Waals surface area contributed by atoms with E-state index in [2.05, 4.69) is 0 Å². The number of hydrogen-bond donors (Lipinski definition) is 0. The Balaban J connectivity index is 0. The van der Waals surface area contributed by atoms with Crippen LogP contribution in [0.5, 0.6) is 0 Å². The van der Waals surface area contributed by atoms with Crippen molar-refractivity contribution in [1.82, 2.24) is 0 Å². The van der Waals surface area contributed by atoms with Gasteiger partial charge in [-0.2, -0.15) is 0 Å². The monoisotopic (exact) mass is 777 g/mol. The van der Waals surface area contributed by atoms with Crippen molar-refractivity contribution in [3.05, 3.63) is 0 Å². The SMILES string of the molecule is [Eu].[Pb].[Pb].[Pb]. The second-order valence-electron chi connectivity index (χ2n) is 0. The van der Waals surface area contributed by atoms with Gasteiger partial charge >= 0.3 is 0 Å². The average molecular weight is 774 g/mol. The van der Waals surface area contributed by atoms with Gasteiger partial charge in [-0.1, -0.05) is 0 Å². The van der Waals surface area contributed by atoms with E-state index in [4.69, 9.17) is 0 Å². The van der Waals surface area contributed by atoms with E-state index in [1.54, 1.807) is 0 Å². The smallest absolute Gasteiger partial charge is 0 e.